The lowest BCUT2D eigenvalue weighted by molar-refractivity contribution is 0.0612. The molecular weight excluding hydrogens is 304 g/mol. The van der Waals surface area contributed by atoms with Crippen molar-refractivity contribution in [2.75, 3.05) is 26.7 Å². The number of carbonyl (C=O) groups excluding carboxylic acids is 1. The molecule has 2 aromatic rings. The van der Waals surface area contributed by atoms with Crippen molar-refractivity contribution in [3.63, 3.8) is 0 Å². The molecule has 0 N–H and O–H groups in total. The molecule has 0 atom stereocenters. The van der Waals surface area contributed by atoms with Crippen molar-refractivity contribution in [3.8, 4) is 0 Å². The second-order valence-corrected chi connectivity index (χ2v) is 6.33. The molecule has 0 aliphatic carbocycles. The van der Waals surface area contributed by atoms with Gasteiger partial charge in [0.15, 0.2) is 6.39 Å². The minimum atomic E-state index is -0.0723. The van der Waals surface area contributed by atoms with Crippen LogP contribution in [0.4, 0.5) is 0 Å². The highest BCUT2D eigenvalue weighted by atomic mass is 16.3. The van der Waals surface area contributed by atoms with Crippen molar-refractivity contribution in [3.05, 3.63) is 47.9 Å². The number of oxazole rings is 1. The van der Waals surface area contributed by atoms with E-state index in [0.717, 1.165) is 44.6 Å². The number of hydrogen-bond donors (Lipinski definition) is 0. The van der Waals surface area contributed by atoms with Crippen LogP contribution in [0.15, 0.2) is 35.2 Å². The third kappa shape index (κ3) is 3.82. The summed E-state index contributed by atoms with van der Waals surface area (Å²) in [5.74, 6) is 0.284. The van der Waals surface area contributed by atoms with Gasteiger partial charge in [-0.1, -0.05) is 6.07 Å². The van der Waals surface area contributed by atoms with E-state index in [4.69, 9.17) is 4.42 Å². The molecule has 0 unspecified atom stereocenters. The molecule has 3 heterocycles. The van der Waals surface area contributed by atoms with E-state index in [-0.39, 0.29) is 11.9 Å². The molecule has 6 nitrogen and oxygen atoms in total. The first-order valence-electron chi connectivity index (χ1n) is 8.44. The lowest BCUT2D eigenvalue weighted by atomic mass is 10.0. The van der Waals surface area contributed by atoms with Crippen molar-refractivity contribution < 1.29 is 9.21 Å². The van der Waals surface area contributed by atoms with Gasteiger partial charge in [0.1, 0.15) is 0 Å². The minimum Gasteiger partial charge on any atom is -0.438 e. The molecule has 3 rings (SSSR count). The molecule has 0 bridgehead atoms. The third-order valence-electron chi connectivity index (χ3n) is 4.78. The van der Waals surface area contributed by atoms with Crippen LogP contribution in [-0.2, 0) is 6.42 Å². The number of amides is 1. The summed E-state index contributed by atoms with van der Waals surface area (Å²) in [6, 6.07) is 6.30. The highest BCUT2D eigenvalue weighted by Gasteiger charge is 2.28. The molecule has 1 aliphatic rings. The summed E-state index contributed by atoms with van der Waals surface area (Å²) in [6.45, 7) is 4.82. The monoisotopic (exact) mass is 328 g/mol. The van der Waals surface area contributed by atoms with Gasteiger partial charge in [-0.3, -0.25) is 9.78 Å². The smallest absolute Gasteiger partial charge is 0.291 e. The van der Waals surface area contributed by atoms with Crippen molar-refractivity contribution >= 4 is 5.91 Å². The van der Waals surface area contributed by atoms with Crippen LogP contribution in [0.25, 0.3) is 0 Å². The van der Waals surface area contributed by atoms with Crippen LogP contribution in [0.5, 0.6) is 0 Å². The van der Waals surface area contributed by atoms with E-state index in [2.05, 4.69) is 20.9 Å². The van der Waals surface area contributed by atoms with Crippen LogP contribution in [0.1, 0.15) is 34.8 Å². The highest BCUT2D eigenvalue weighted by molar-refractivity contribution is 5.92. The van der Waals surface area contributed by atoms with Gasteiger partial charge in [0.2, 0.25) is 5.76 Å². The van der Waals surface area contributed by atoms with Crippen LogP contribution in [-0.4, -0.2) is 58.4 Å². The number of aromatic nitrogens is 2. The Morgan fingerprint density at radius 2 is 2.12 bits per heavy atom. The van der Waals surface area contributed by atoms with E-state index < -0.39 is 0 Å². The highest BCUT2D eigenvalue weighted by Crippen LogP contribution is 2.19. The minimum absolute atomic E-state index is 0.0723. The number of hydrogen-bond acceptors (Lipinski definition) is 5. The van der Waals surface area contributed by atoms with Gasteiger partial charge in [0.05, 0.1) is 5.69 Å². The van der Waals surface area contributed by atoms with Crippen LogP contribution in [0.2, 0.25) is 0 Å². The van der Waals surface area contributed by atoms with Crippen LogP contribution >= 0.6 is 0 Å². The molecule has 1 amide bonds. The van der Waals surface area contributed by atoms with Gasteiger partial charge in [-0.25, -0.2) is 4.98 Å². The first kappa shape index (κ1) is 16.6. The van der Waals surface area contributed by atoms with Crippen LogP contribution in [0, 0.1) is 6.92 Å². The molecule has 24 heavy (non-hydrogen) atoms. The van der Waals surface area contributed by atoms with Crippen molar-refractivity contribution in [1.82, 2.24) is 19.8 Å². The summed E-state index contributed by atoms with van der Waals surface area (Å²) in [7, 11) is 1.86. The number of nitrogens with zero attached hydrogens (tertiary/aromatic N) is 4. The zero-order chi connectivity index (χ0) is 16.9. The molecule has 2 aromatic heterocycles. The lowest BCUT2D eigenvalue weighted by Crippen LogP contribution is -2.46. The molecule has 1 saturated heterocycles. The molecule has 0 aromatic carbocycles. The Hall–Kier alpha value is -2.21. The average Bonchev–Trinajstić information content (AvgIpc) is 3.06. The predicted octanol–water partition coefficient (Wildman–Crippen LogP) is 2.16. The first-order valence-corrected chi connectivity index (χ1v) is 8.44. The van der Waals surface area contributed by atoms with E-state index in [1.165, 1.54) is 6.39 Å². The zero-order valence-electron chi connectivity index (χ0n) is 14.3. The Morgan fingerprint density at radius 3 is 2.75 bits per heavy atom. The standard InChI is InChI=1S/C18H24N4O2/c1-14-17(24-13-20-14)18(23)21(2)16-7-11-22(12-8-16)10-6-15-5-3-4-9-19-15/h3-5,9,13,16H,6-8,10-12H2,1-2H3. The Labute approximate surface area is 142 Å². The Bertz CT molecular complexity index is 663. The van der Waals surface area contributed by atoms with E-state index in [1.54, 1.807) is 6.92 Å². The summed E-state index contributed by atoms with van der Waals surface area (Å²) in [5.41, 5.74) is 1.78. The normalized spacial score (nSPS) is 16.2. The lowest BCUT2D eigenvalue weighted by Gasteiger charge is -2.36. The topological polar surface area (TPSA) is 62.5 Å². The molecule has 1 fully saturated rings. The molecule has 1 aliphatic heterocycles. The van der Waals surface area contributed by atoms with Gasteiger partial charge >= 0.3 is 0 Å². The number of carbonyl (C=O) groups is 1. The summed E-state index contributed by atoms with van der Waals surface area (Å²) in [6.07, 6.45) is 6.11. The molecular formula is C18H24N4O2. The number of likely N-dealkylation sites (tertiary alicyclic amines) is 1. The number of aryl methyl sites for hydroxylation is 1. The van der Waals surface area contributed by atoms with Gasteiger partial charge in [-0.05, 0) is 31.9 Å². The molecule has 128 valence electrons. The first-order chi connectivity index (χ1) is 11.6. The van der Waals surface area contributed by atoms with Crippen molar-refractivity contribution in [2.24, 2.45) is 0 Å². The Balaban J connectivity index is 1.48. The summed E-state index contributed by atoms with van der Waals surface area (Å²) in [5, 5.41) is 0. The summed E-state index contributed by atoms with van der Waals surface area (Å²) >= 11 is 0. The fourth-order valence-electron chi connectivity index (χ4n) is 3.18. The predicted molar refractivity (Wildman–Crippen MR) is 90.7 cm³/mol. The van der Waals surface area contributed by atoms with Gasteiger partial charge in [0.25, 0.3) is 5.91 Å². The maximum Gasteiger partial charge on any atom is 0.291 e. The van der Waals surface area contributed by atoms with E-state index in [9.17, 15) is 4.79 Å². The molecule has 0 radical (unpaired) electrons. The van der Waals surface area contributed by atoms with E-state index >= 15 is 0 Å². The summed E-state index contributed by atoms with van der Waals surface area (Å²) < 4.78 is 5.23. The van der Waals surface area contributed by atoms with Gasteiger partial charge < -0.3 is 14.2 Å². The van der Waals surface area contributed by atoms with Gasteiger partial charge in [-0.15, -0.1) is 0 Å². The molecule has 0 saturated carbocycles. The number of rotatable bonds is 5. The maximum atomic E-state index is 12.5. The maximum absolute atomic E-state index is 12.5. The number of piperidine rings is 1. The van der Waals surface area contributed by atoms with Crippen LogP contribution < -0.4 is 0 Å². The second kappa shape index (κ2) is 7.57. The molecule has 6 heteroatoms. The summed E-state index contributed by atoms with van der Waals surface area (Å²) in [4.78, 5) is 25.1. The van der Waals surface area contributed by atoms with Crippen molar-refractivity contribution in [2.45, 2.75) is 32.2 Å². The van der Waals surface area contributed by atoms with Gasteiger partial charge in [-0.2, -0.15) is 0 Å². The number of pyridine rings is 1. The quantitative estimate of drug-likeness (QED) is 0.841. The van der Waals surface area contributed by atoms with Gasteiger partial charge in [0, 0.05) is 51.0 Å². The molecule has 0 spiro atoms. The Morgan fingerprint density at radius 1 is 1.33 bits per heavy atom. The fourth-order valence-corrected chi connectivity index (χ4v) is 3.18. The SMILES string of the molecule is Cc1ncoc1C(=O)N(C)C1CCN(CCc2ccccn2)CC1. The van der Waals surface area contributed by atoms with E-state index in [1.807, 2.05) is 30.3 Å². The average molecular weight is 328 g/mol. The Kier molecular flexibility index (Phi) is 5.25. The zero-order valence-corrected chi connectivity index (χ0v) is 14.3. The van der Waals surface area contributed by atoms with Crippen molar-refractivity contribution in [1.29, 1.82) is 0 Å². The third-order valence-corrected chi connectivity index (χ3v) is 4.78. The fraction of sp³-hybridized carbons (Fsp3) is 0.500. The van der Waals surface area contributed by atoms with Crippen LogP contribution in [0.3, 0.4) is 0 Å². The largest absolute Gasteiger partial charge is 0.438 e. The second-order valence-electron chi connectivity index (χ2n) is 6.33. The van der Waals surface area contributed by atoms with E-state index in [0.29, 0.717) is 11.5 Å².